The molecule has 6 nitrogen and oxygen atoms in total. The highest BCUT2D eigenvalue weighted by Gasteiger charge is 2.22. The minimum Gasteiger partial charge on any atom is -0.379 e. The lowest BCUT2D eigenvalue weighted by Crippen LogP contribution is -2.22. The van der Waals surface area contributed by atoms with E-state index in [1.165, 1.54) is 0 Å². The van der Waals surface area contributed by atoms with Gasteiger partial charge < -0.3 is 15.0 Å². The molecule has 0 spiro atoms. The Morgan fingerprint density at radius 2 is 2.13 bits per heavy atom. The normalized spacial score (nSPS) is 18.2. The molecule has 1 aliphatic heterocycles. The van der Waals surface area contributed by atoms with Gasteiger partial charge in [0.15, 0.2) is 5.82 Å². The maximum atomic E-state index is 12.3. The van der Waals surface area contributed by atoms with Gasteiger partial charge in [0.2, 0.25) is 0 Å². The number of para-hydroxylation sites is 1. The van der Waals surface area contributed by atoms with Crippen molar-refractivity contribution in [1.29, 1.82) is 0 Å². The summed E-state index contributed by atoms with van der Waals surface area (Å²) in [7, 11) is 0. The Labute approximate surface area is 133 Å². The molecule has 1 aliphatic rings. The summed E-state index contributed by atoms with van der Waals surface area (Å²) in [6.07, 6.45) is 3.68. The maximum Gasteiger partial charge on any atom is 0.261 e. The van der Waals surface area contributed by atoms with E-state index in [9.17, 15) is 4.79 Å². The summed E-state index contributed by atoms with van der Waals surface area (Å²) in [4.78, 5) is 15.0. The lowest BCUT2D eigenvalue weighted by atomic mass is 10.1. The topological polar surface area (TPSA) is 71.9 Å². The van der Waals surface area contributed by atoms with Crippen molar-refractivity contribution in [2.75, 3.05) is 18.5 Å². The highest BCUT2D eigenvalue weighted by molar-refractivity contribution is 5.91. The molecule has 0 amide bonds. The summed E-state index contributed by atoms with van der Waals surface area (Å²) in [6.45, 7) is 1.43. The van der Waals surface area contributed by atoms with Crippen LogP contribution in [0.15, 0.2) is 47.4 Å². The quantitative estimate of drug-likeness (QED) is 0.780. The van der Waals surface area contributed by atoms with Gasteiger partial charge in [-0.25, -0.2) is 0 Å². The van der Waals surface area contributed by atoms with Crippen LogP contribution in [0.25, 0.3) is 10.9 Å². The van der Waals surface area contributed by atoms with Crippen LogP contribution in [0.1, 0.15) is 18.9 Å². The minimum atomic E-state index is -0.135. The number of nitrogens with zero attached hydrogens (tertiary/aromatic N) is 2. The number of fused-ring (bicyclic) bond motifs is 1. The second-order valence-corrected chi connectivity index (χ2v) is 5.72. The summed E-state index contributed by atoms with van der Waals surface area (Å²) in [6, 6.07) is 11.8. The van der Waals surface area contributed by atoms with Crippen molar-refractivity contribution in [2.24, 2.45) is 0 Å². The van der Waals surface area contributed by atoms with E-state index < -0.39 is 0 Å². The van der Waals surface area contributed by atoms with Crippen molar-refractivity contribution in [1.82, 2.24) is 14.8 Å². The van der Waals surface area contributed by atoms with Crippen molar-refractivity contribution in [3.8, 4) is 0 Å². The number of nitrogens with one attached hydrogen (secondary N) is 2. The number of H-pyrrole nitrogens is 1. The van der Waals surface area contributed by atoms with Gasteiger partial charge in [0.1, 0.15) is 5.39 Å². The van der Waals surface area contributed by atoms with E-state index in [1.54, 1.807) is 6.20 Å². The first-order valence-corrected chi connectivity index (χ1v) is 7.82. The van der Waals surface area contributed by atoms with Gasteiger partial charge in [-0.2, -0.15) is 5.10 Å². The predicted octanol–water partition coefficient (Wildman–Crippen LogP) is 2.82. The Bertz CT molecular complexity index is 863. The second kappa shape index (κ2) is 5.89. The Balaban J connectivity index is 1.82. The van der Waals surface area contributed by atoms with Crippen molar-refractivity contribution in [3.63, 3.8) is 0 Å². The van der Waals surface area contributed by atoms with Crippen molar-refractivity contribution < 1.29 is 4.74 Å². The Hall–Kier alpha value is -2.60. The highest BCUT2D eigenvalue weighted by atomic mass is 16.5. The van der Waals surface area contributed by atoms with E-state index in [1.807, 2.05) is 41.1 Å². The van der Waals surface area contributed by atoms with Gasteiger partial charge in [-0.1, -0.05) is 18.2 Å². The fourth-order valence-electron chi connectivity index (χ4n) is 3.04. The maximum absolute atomic E-state index is 12.3. The molecular formula is C17H18N4O2. The summed E-state index contributed by atoms with van der Waals surface area (Å²) < 4.78 is 7.50. The lowest BCUT2D eigenvalue weighted by molar-refractivity contribution is 0.0566. The number of aromatic nitrogens is 3. The predicted molar refractivity (Wildman–Crippen MR) is 89.2 cm³/mol. The van der Waals surface area contributed by atoms with Gasteiger partial charge >= 0.3 is 0 Å². The number of benzene rings is 1. The number of anilines is 2. The van der Waals surface area contributed by atoms with Gasteiger partial charge in [-0.3, -0.25) is 9.48 Å². The van der Waals surface area contributed by atoms with Crippen molar-refractivity contribution in [2.45, 2.75) is 18.9 Å². The van der Waals surface area contributed by atoms with Gasteiger partial charge in [0, 0.05) is 18.5 Å². The summed E-state index contributed by atoms with van der Waals surface area (Å²) >= 11 is 0. The molecule has 3 heterocycles. The highest BCUT2D eigenvalue weighted by Crippen LogP contribution is 2.28. The zero-order valence-electron chi connectivity index (χ0n) is 12.7. The van der Waals surface area contributed by atoms with E-state index in [2.05, 4.69) is 15.4 Å². The number of ether oxygens (including phenoxy) is 1. The number of pyridine rings is 1. The van der Waals surface area contributed by atoms with Gasteiger partial charge in [-0.05, 0) is 31.0 Å². The van der Waals surface area contributed by atoms with Gasteiger partial charge in [0.25, 0.3) is 5.56 Å². The fourth-order valence-corrected chi connectivity index (χ4v) is 3.04. The molecule has 4 rings (SSSR count). The number of hydrogen-bond donors (Lipinski definition) is 2. The molecule has 0 bridgehead atoms. The van der Waals surface area contributed by atoms with Crippen LogP contribution in [0.4, 0.5) is 11.5 Å². The van der Waals surface area contributed by atoms with E-state index in [4.69, 9.17) is 4.74 Å². The molecule has 2 aromatic heterocycles. The summed E-state index contributed by atoms with van der Waals surface area (Å²) in [5, 5.41) is 8.51. The molecule has 6 heteroatoms. The molecule has 1 fully saturated rings. The molecular weight excluding hydrogens is 292 g/mol. The van der Waals surface area contributed by atoms with Crippen molar-refractivity contribution in [3.05, 3.63) is 52.9 Å². The molecule has 1 aromatic carbocycles. The first-order chi connectivity index (χ1) is 11.3. The van der Waals surface area contributed by atoms with Crippen molar-refractivity contribution >= 4 is 22.4 Å². The lowest BCUT2D eigenvalue weighted by Gasteiger charge is -2.23. The van der Waals surface area contributed by atoms with Crippen LogP contribution in [0, 0.1) is 0 Å². The number of aromatic amines is 1. The van der Waals surface area contributed by atoms with E-state index >= 15 is 0 Å². The SMILES string of the molecule is O=c1[nH]ccc2c1c(Nc1ccccc1)nn2[C@@H]1CCCOC1. The third kappa shape index (κ3) is 2.61. The van der Waals surface area contributed by atoms with Crippen LogP contribution >= 0.6 is 0 Å². The summed E-state index contributed by atoms with van der Waals surface area (Å²) in [5.74, 6) is 0.582. The molecule has 118 valence electrons. The molecule has 1 atom stereocenters. The van der Waals surface area contributed by atoms with E-state index in [-0.39, 0.29) is 11.6 Å². The smallest absolute Gasteiger partial charge is 0.261 e. The molecule has 1 saturated heterocycles. The average Bonchev–Trinajstić information content (AvgIpc) is 2.96. The van der Waals surface area contributed by atoms with Gasteiger partial charge in [0.05, 0.1) is 18.2 Å². The van der Waals surface area contributed by atoms with Crippen LogP contribution in [0.5, 0.6) is 0 Å². The van der Waals surface area contributed by atoms with Crippen LogP contribution in [0.3, 0.4) is 0 Å². The van der Waals surface area contributed by atoms with Crippen LogP contribution in [-0.2, 0) is 4.74 Å². The fraction of sp³-hybridized carbons (Fsp3) is 0.294. The molecule has 3 aromatic rings. The number of rotatable bonds is 3. The molecule has 0 radical (unpaired) electrons. The largest absolute Gasteiger partial charge is 0.379 e. The van der Waals surface area contributed by atoms with Crippen LogP contribution in [0.2, 0.25) is 0 Å². The zero-order chi connectivity index (χ0) is 15.6. The third-order valence-electron chi connectivity index (χ3n) is 4.15. The number of hydrogen-bond acceptors (Lipinski definition) is 4. The van der Waals surface area contributed by atoms with E-state index in [0.717, 1.165) is 30.7 Å². The van der Waals surface area contributed by atoms with E-state index in [0.29, 0.717) is 17.8 Å². The molecule has 0 saturated carbocycles. The van der Waals surface area contributed by atoms with Crippen LogP contribution < -0.4 is 10.9 Å². The Morgan fingerprint density at radius 3 is 2.91 bits per heavy atom. The van der Waals surface area contributed by atoms with Gasteiger partial charge in [-0.15, -0.1) is 0 Å². The first kappa shape index (κ1) is 14.0. The molecule has 0 unspecified atom stereocenters. The third-order valence-corrected chi connectivity index (χ3v) is 4.15. The zero-order valence-corrected chi connectivity index (χ0v) is 12.7. The summed E-state index contributed by atoms with van der Waals surface area (Å²) in [5.41, 5.74) is 1.61. The molecule has 0 aliphatic carbocycles. The molecule has 2 N–H and O–H groups in total. The molecule has 23 heavy (non-hydrogen) atoms. The first-order valence-electron chi connectivity index (χ1n) is 7.82. The average molecular weight is 310 g/mol. The Kier molecular flexibility index (Phi) is 3.59. The second-order valence-electron chi connectivity index (χ2n) is 5.72. The monoisotopic (exact) mass is 310 g/mol. The van der Waals surface area contributed by atoms with Crippen LogP contribution in [-0.4, -0.2) is 28.0 Å². The minimum absolute atomic E-state index is 0.135. The Morgan fingerprint density at radius 1 is 1.26 bits per heavy atom. The standard InChI is InChI=1S/C17H18N4O2/c22-17-15-14(8-9-18-17)21(13-7-4-10-23-11-13)20-16(15)19-12-5-2-1-3-6-12/h1-3,5-6,8-9,13H,4,7,10-11H2,(H,18,22)(H,19,20)/t13-/m1/s1.